The van der Waals surface area contributed by atoms with Crippen LogP contribution in [-0.2, 0) is 9.53 Å². The molecule has 30 heavy (non-hydrogen) atoms. The molecule has 1 N–H and O–H groups in total. The van der Waals surface area contributed by atoms with Gasteiger partial charge in [-0.1, -0.05) is 17.7 Å². The summed E-state index contributed by atoms with van der Waals surface area (Å²) in [4.78, 5) is 29.5. The van der Waals surface area contributed by atoms with Crippen molar-refractivity contribution in [1.82, 2.24) is 15.1 Å². The topological polar surface area (TPSA) is 65.1 Å². The van der Waals surface area contributed by atoms with Crippen molar-refractivity contribution in [3.63, 3.8) is 0 Å². The Hall–Kier alpha value is -2.13. The van der Waals surface area contributed by atoms with Crippen molar-refractivity contribution in [2.24, 2.45) is 0 Å². The Kier molecular flexibility index (Phi) is 4.77. The lowest BCUT2D eigenvalue weighted by molar-refractivity contribution is -0.139. The van der Waals surface area contributed by atoms with Crippen LogP contribution in [0.15, 0.2) is 18.2 Å². The first-order valence-electron chi connectivity index (χ1n) is 10.2. The smallest absolute Gasteiger partial charge is 0.320 e. The number of morpholine rings is 1. The van der Waals surface area contributed by atoms with E-state index in [1.165, 1.54) is 0 Å². The number of halogens is 3. The number of hydrogen-bond acceptors (Lipinski definition) is 4. The molecule has 0 saturated carbocycles. The van der Waals surface area contributed by atoms with Crippen LogP contribution in [0.25, 0.3) is 0 Å². The van der Waals surface area contributed by atoms with E-state index in [0.717, 1.165) is 5.56 Å². The molecule has 0 bridgehead atoms. The van der Waals surface area contributed by atoms with Gasteiger partial charge in [-0.25, -0.2) is 13.6 Å². The number of nitrogens with one attached hydrogen (secondary N) is 1. The maximum absolute atomic E-state index is 13.1. The molecule has 2 atom stereocenters. The monoisotopic (exact) mass is 440 g/mol. The van der Waals surface area contributed by atoms with Crippen LogP contribution in [0.1, 0.15) is 17.9 Å². The number of anilines is 1. The average molecular weight is 441 g/mol. The molecule has 7 nitrogen and oxygen atoms in total. The quantitative estimate of drug-likeness (QED) is 0.763. The van der Waals surface area contributed by atoms with Crippen LogP contribution in [0.3, 0.4) is 0 Å². The van der Waals surface area contributed by atoms with Crippen LogP contribution in [0.5, 0.6) is 0 Å². The number of carbonyl (C=O) groups excluding carboxylic acids is 2. The molecule has 4 saturated heterocycles. The summed E-state index contributed by atoms with van der Waals surface area (Å²) < 4.78 is 31.8. The van der Waals surface area contributed by atoms with Crippen LogP contribution in [-0.4, -0.2) is 85.7 Å². The number of fused-ring (bicyclic) bond motifs is 1. The second kappa shape index (κ2) is 7.23. The van der Waals surface area contributed by atoms with Crippen molar-refractivity contribution >= 4 is 29.2 Å². The zero-order chi connectivity index (χ0) is 21.0. The van der Waals surface area contributed by atoms with Crippen molar-refractivity contribution in [2.75, 3.05) is 50.8 Å². The van der Waals surface area contributed by atoms with E-state index in [2.05, 4.69) is 5.32 Å². The average Bonchev–Trinajstić information content (AvgIpc) is 2.64. The van der Waals surface area contributed by atoms with Crippen LogP contribution in [0.4, 0.5) is 19.3 Å². The third kappa shape index (κ3) is 3.58. The fourth-order valence-corrected chi connectivity index (χ4v) is 4.94. The summed E-state index contributed by atoms with van der Waals surface area (Å²) in [6.07, 6.45) is 0.684. The second-order valence-electron chi connectivity index (χ2n) is 8.57. The lowest BCUT2D eigenvalue weighted by Gasteiger charge is -2.46. The minimum absolute atomic E-state index is 0.0251. The van der Waals surface area contributed by atoms with E-state index in [1.807, 2.05) is 12.1 Å². The molecule has 0 radical (unpaired) electrons. The molecule has 162 valence electrons. The van der Waals surface area contributed by atoms with Gasteiger partial charge < -0.3 is 24.8 Å². The number of amides is 3. The lowest BCUT2D eigenvalue weighted by Crippen LogP contribution is -2.63. The highest BCUT2D eigenvalue weighted by molar-refractivity contribution is 6.33. The number of benzene rings is 1. The van der Waals surface area contributed by atoms with Gasteiger partial charge >= 0.3 is 6.03 Å². The molecule has 1 aromatic rings. The van der Waals surface area contributed by atoms with Crippen LogP contribution in [0.2, 0.25) is 5.02 Å². The van der Waals surface area contributed by atoms with E-state index in [0.29, 0.717) is 43.3 Å². The van der Waals surface area contributed by atoms with Crippen molar-refractivity contribution in [3.05, 3.63) is 28.8 Å². The van der Waals surface area contributed by atoms with E-state index in [9.17, 15) is 18.4 Å². The number of alkyl halides is 2. The third-order valence-electron chi connectivity index (χ3n) is 6.38. The fraction of sp³-hybridized carbons (Fsp3) is 0.600. The Morgan fingerprint density at radius 1 is 1.20 bits per heavy atom. The van der Waals surface area contributed by atoms with Crippen LogP contribution < -0.4 is 10.2 Å². The Balaban J connectivity index is 1.16. The van der Waals surface area contributed by atoms with Gasteiger partial charge in [0.05, 0.1) is 35.9 Å². The Labute approximate surface area is 177 Å². The van der Waals surface area contributed by atoms with E-state index in [4.69, 9.17) is 16.3 Å². The Morgan fingerprint density at radius 3 is 2.67 bits per heavy atom. The standard InChI is InChI=1S/C20H23ClF2N4O3/c21-14-5-12(1-2-16(14)27-10-20(22,23)11-27)13-6-26(7-13)19(29)25-4-3-17-15(8-25)24-18(28)9-30-17/h1-2,5,13,15,17H,3-4,6-11H2,(H,24,28). The van der Waals surface area contributed by atoms with Gasteiger partial charge in [0.15, 0.2) is 0 Å². The van der Waals surface area contributed by atoms with E-state index >= 15 is 0 Å². The highest BCUT2D eigenvalue weighted by Crippen LogP contribution is 2.38. The summed E-state index contributed by atoms with van der Waals surface area (Å²) in [6, 6.07) is 5.33. The van der Waals surface area contributed by atoms with Crippen LogP contribution >= 0.6 is 11.6 Å². The van der Waals surface area contributed by atoms with Gasteiger partial charge in [0.2, 0.25) is 5.91 Å². The molecule has 4 heterocycles. The zero-order valence-electron chi connectivity index (χ0n) is 16.3. The minimum atomic E-state index is -2.64. The summed E-state index contributed by atoms with van der Waals surface area (Å²) in [5.74, 6) is -2.61. The molecular weight excluding hydrogens is 418 g/mol. The summed E-state index contributed by atoms with van der Waals surface area (Å²) >= 11 is 6.33. The number of rotatable bonds is 2. The Bertz CT molecular complexity index is 872. The van der Waals surface area contributed by atoms with Gasteiger partial charge in [0.25, 0.3) is 5.92 Å². The van der Waals surface area contributed by atoms with E-state index in [1.54, 1.807) is 20.8 Å². The second-order valence-corrected chi connectivity index (χ2v) is 8.97. The molecule has 4 aliphatic rings. The molecule has 10 heteroatoms. The van der Waals surface area contributed by atoms with Gasteiger partial charge in [0, 0.05) is 32.1 Å². The highest BCUT2D eigenvalue weighted by Gasteiger charge is 2.45. The summed E-state index contributed by atoms with van der Waals surface area (Å²) in [5, 5.41) is 3.37. The highest BCUT2D eigenvalue weighted by atomic mass is 35.5. The molecule has 2 unspecified atom stereocenters. The number of urea groups is 1. The minimum Gasteiger partial charge on any atom is -0.366 e. The van der Waals surface area contributed by atoms with E-state index < -0.39 is 5.92 Å². The van der Waals surface area contributed by atoms with Gasteiger partial charge in [-0.15, -0.1) is 0 Å². The van der Waals surface area contributed by atoms with Crippen LogP contribution in [0, 0.1) is 0 Å². The normalized spacial score (nSPS) is 28.4. The molecule has 3 amide bonds. The first kappa shape index (κ1) is 19.8. The number of nitrogens with zero attached hydrogens (tertiary/aromatic N) is 3. The molecule has 0 spiro atoms. The third-order valence-corrected chi connectivity index (χ3v) is 6.68. The summed E-state index contributed by atoms with van der Waals surface area (Å²) in [6.45, 7) is 1.72. The van der Waals surface area contributed by atoms with Gasteiger partial charge in [0.1, 0.15) is 6.61 Å². The molecule has 4 aliphatic heterocycles. The summed E-state index contributed by atoms with van der Waals surface area (Å²) in [5.41, 5.74) is 1.63. The molecule has 0 aromatic heterocycles. The maximum atomic E-state index is 13.1. The number of likely N-dealkylation sites (tertiary alicyclic amines) is 2. The molecule has 0 aliphatic carbocycles. The molecule has 5 rings (SSSR count). The van der Waals surface area contributed by atoms with Crippen molar-refractivity contribution < 1.29 is 23.1 Å². The number of carbonyl (C=O) groups is 2. The zero-order valence-corrected chi connectivity index (χ0v) is 17.1. The van der Waals surface area contributed by atoms with E-state index in [-0.39, 0.29) is 49.7 Å². The maximum Gasteiger partial charge on any atom is 0.320 e. The largest absolute Gasteiger partial charge is 0.366 e. The first-order valence-corrected chi connectivity index (χ1v) is 10.5. The predicted molar refractivity (Wildman–Crippen MR) is 106 cm³/mol. The summed E-state index contributed by atoms with van der Waals surface area (Å²) in [7, 11) is 0. The first-order chi connectivity index (χ1) is 14.3. The van der Waals surface area contributed by atoms with Gasteiger partial charge in [-0.3, -0.25) is 4.79 Å². The van der Waals surface area contributed by atoms with Crippen molar-refractivity contribution in [1.29, 1.82) is 0 Å². The molecule has 1 aromatic carbocycles. The number of ether oxygens (including phenoxy) is 1. The van der Waals surface area contributed by atoms with Gasteiger partial charge in [-0.2, -0.15) is 0 Å². The van der Waals surface area contributed by atoms with Gasteiger partial charge in [-0.05, 0) is 24.1 Å². The predicted octanol–water partition coefficient (Wildman–Crippen LogP) is 1.90. The molecule has 4 fully saturated rings. The number of piperidine rings is 1. The Morgan fingerprint density at radius 2 is 1.97 bits per heavy atom. The SMILES string of the molecule is O=C1COC2CCN(C(=O)N3CC(c4ccc(N5CC(F)(F)C5)c(Cl)c4)C3)CC2N1. The fourth-order valence-electron chi connectivity index (χ4n) is 4.64. The van der Waals surface area contributed by atoms with Crippen molar-refractivity contribution in [2.45, 2.75) is 30.4 Å². The lowest BCUT2D eigenvalue weighted by atomic mass is 9.91. The number of hydrogen-bond donors (Lipinski definition) is 1. The molecular formula is C20H23ClF2N4O3. The van der Waals surface area contributed by atoms with Crippen molar-refractivity contribution in [3.8, 4) is 0 Å².